The van der Waals surface area contributed by atoms with Crippen molar-refractivity contribution in [2.75, 3.05) is 18.5 Å². The maximum atomic E-state index is 12.3. The second-order valence-electron chi connectivity index (χ2n) is 3.73. The van der Waals surface area contributed by atoms with E-state index in [1.165, 1.54) is 0 Å². The molecule has 0 bridgehead atoms. The van der Waals surface area contributed by atoms with E-state index < -0.39 is 19.1 Å². The highest BCUT2D eigenvalue weighted by molar-refractivity contribution is 7.73. The van der Waals surface area contributed by atoms with Gasteiger partial charge in [0.15, 0.2) is 0 Å². The maximum absolute atomic E-state index is 12.3. The Morgan fingerprint density at radius 3 is 2.36 bits per heavy atom. The molecule has 1 amide bonds. The van der Waals surface area contributed by atoms with Crippen LogP contribution in [0.3, 0.4) is 0 Å². The lowest BCUT2D eigenvalue weighted by Gasteiger charge is -2.13. The van der Waals surface area contributed by atoms with Gasteiger partial charge in [-0.25, -0.2) is 4.79 Å². The molecule has 0 aliphatic carbocycles. The SMILES string of the molecule is CCOP(=O)(OCC)C(C#N)=NOC(=O)Nc1ccccc1. The first kappa shape index (κ1) is 17.9. The van der Waals surface area contributed by atoms with E-state index in [0.29, 0.717) is 5.69 Å². The van der Waals surface area contributed by atoms with Gasteiger partial charge in [-0.15, -0.1) is 0 Å². The third-order valence-corrected chi connectivity index (χ3v) is 4.09. The molecule has 1 N–H and O–H groups in total. The molecule has 0 aliphatic heterocycles. The second-order valence-corrected chi connectivity index (χ2v) is 5.66. The van der Waals surface area contributed by atoms with E-state index in [4.69, 9.17) is 14.3 Å². The van der Waals surface area contributed by atoms with Gasteiger partial charge in [0.1, 0.15) is 6.07 Å². The van der Waals surface area contributed by atoms with Crippen LogP contribution in [0, 0.1) is 11.3 Å². The third-order valence-electron chi connectivity index (χ3n) is 2.19. The Labute approximate surface area is 128 Å². The predicted octanol–water partition coefficient (Wildman–Crippen LogP) is 3.34. The van der Waals surface area contributed by atoms with Crippen LogP contribution in [0.1, 0.15) is 13.8 Å². The lowest BCUT2D eigenvalue weighted by molar-refractivity contribution is 0.166. The van der Waals surface area contributed by atoms with Gasteiger partial charge in [-0.3, -0.25) is 14.7 Å². The molecular formula is C13H16N3O5P. The molecule has 0 aliphatic rings. The van der Waals surface area contributed by atoms with Gasteiger partial charge < -0.3 is 9.05 Å². The molecule has 0 saturated heterocycles. The molecule has 22 heavy (non-hydrogen) atoms. The number of benzene rings is 1. The number of amides is 1. The summed E-state index contributed by atoms with van der Waals surface area (Å²) in [5.74, 6) is 0. The van der Waals surface area contributed by atoms with Gasteiger partial charge >= 0.3 is 13.7 Å². The molecule has 1 rings (SSSR count). The van der Waals surface area contributed by atoms with Gasteiger partial charge in [-0.05, 0) is 26.0 Å². The number of nitrogens with zero attached hydrogens (tertiary/aromatic N) is 2. The first-order chi connectivity index (χ1) is 10.6. The van der Waals surface area contributed by atoms with Crippen molar-refractivity contribution in [3.63, 3.8) is 0 Å². The van der Waals surface area contributed by atoms with Crippen LogP contribution in [0.2, 0.25) is 0 Å². The number of para-hydroxylation sites is 1. The van der Waals surface area contributed by atoms with Crippen molar-refractivity contribution in [1.29, 1.82) is 5.26 Å². The molecule has 8 nitrogen and oxygen atoms in total. The minimum atomic E-state index is -3.88. The number of oxime groups is 1. The molecule has 0 saturated carbocycles. The average Bonchev–Trinajstić information content (AvgIpc) is 2.49. The second kappa shape index (κ2) is 8.95. The highest BCUT2D eigenvalue weighted by Crippen LogP contribution is 2.49. The van der Waals surface area contributed by atoms with Crippen LogP contribution in [-0.4, -0.2) is 24.8 Å². The average molecular weight is 325 g/mol. The molecule has 0 unspecified atom stereocenters. The lowest BCUT2D eigenvalue weighted by Crippen LogP contribution is -2.13. The fourth-order valence-electron chi connectivity index (χ4n) is 1.38. The molecular weight excluding hydrogens is 309 g/mol. The van der Waals surface area contributed by atoms with Gasteiger partial charge in [0.05, 0.1) is 13.2 Å². The number of hydrogen-bond donors (Lipinski definition) is 1. The van der Waals surface area contributed by atoms with Gasteiger partial charge in [-0.1, -0.05) is 23.4 Å². The summed E-state index contributed by atoms with van der Waals surface area (Å²) in [7, 11) is -3.88. The first-order valence-corrected chi connectivity index (χ1v) is 8.00. The molecule has 0 heterocycles. The Bertz CT molecular complexity index is 602. The van der Waals surface area contributed by atoms with Gasteiger partial charge in [0, 0.05) is 5.69 Å². The first-order valence-electron chi connectivity index (χ1n) is 6.46. The molecule has 0 aromatic heterocycles. The van der Waals surface area contributed by atoms with Crippen LogP contribution in [0.5, 0.6) is 0 Å². The minimum absolute atomic E-state index is 0.0498. The van der Waals surface area contributed by atoms with Crippen molar-refractivity contribution in [2.24, 2.45) is 5.16 Å². The number of nitriles is 1. The van der Waals surface area contributed by atoms with Crippen molar-refractivity contribution in [2.45, 2.75) is 13.8 Å². The van der Waals surface area contributed by atoms with Crippen LogP contribution in [-0.2, 0) is 18.5 Å². The standard InChI is InChI=1S/C13H16N3O5P/c1-3-19-22(18,20-4-2)12(10-14)16-21-13(17)15-11-8-6-5-7-9-11/h5-9H,3-4H2,1-2H3,(H,15,17). The van der Waals surface area contributed by atoms with Crippen LogP contribution < -0.4 is 5.32 Å². The summed E-state index contributed by atoms with van der Waals surface area (Å²) in [5, 5.41) is 14.7. The molecule has 0 fully saturated rings. The molecule has 0 radical (unpaired) electrons. The third kappa shape index (κ3) is 5.30. The summed E-state index contributed by atoms with van der Waals surface area (Å²) in [4.78, 5) is 16.1. The van der Waals surface area contributed by atoms with Crippen LogP contribution in [0.4, 0.5) is 10.5 Å². The van der Waals surface area contributed by atoms with Gasteiger partial charge in [0.25, 0.3) is 5.45 Å². The number of carbonyl (C=O) groups is 1. The molecule has 0 atom stereocenters. The van der Waals surface area contributed by atoms with E-state index >= 15 is 0 Å². The minimum Gasteiger partial charge on any atom is -0.304 e. The van der Waals surface area contributed by atoms with Crippen molar-refractivity contribution in [3.05, 3.63) is 30.3 Å². The number of hydrogen-bond acceptors (Lipinski definition) is 7. The number of anilines is 1. The largest absolute Gasteiger partial charge is 0.437 e. The molecule has 1 aromatic rings. The topological polar surface area (TPSA) is 110 Å². The lowest BCUT2D eigenvalue weighted by atomic mass is 10.3. The zero-order valence-electron chi connectivity index (χ0n) is 12.2. The molecule has 9 heteroatoms. The van der Waals surface area contributed by atoms with Crippen LogP contribution in [0.25, 0.3) is 0 Å². The van der Waals surface area contributed by atoms with E-state index in [1.54, 1.807) is 50.2 Å². The van der Waals surface area contributed by atoms with Gasteiger partial charge in [-0.2, -0.15) is 5.26 Å². The number of carbonyl (C=O) groups excluding carboxylic acids is 1. The monoisotopic (exact) mass is 325 g/mol. The Hall–Kier alpha value is -2.20. The van der Waals surface area contributed by atoms with Crippen molar-refractivity contribution in [3.8, 4) is 6.07 Å². The Kier molecular flexibility index (Phi) is 7.26. The normalized spacial score (nSPS) is 11.6. The summed E-state index contributed by atoms with van der Waals surface area (Å²) in [6.45, 7) is 3.27. The molecule has 0 spiro atoms. The smallest absolute Gasteiger partial charge is 0.304 e. The summed E-state index contributed by atoms with van der Waals surface area (Å²) in [6.07, 6.45) is -0.932. The molecule has 118 valence electrons. The fourth-order valence-corrected chi connectivity index (χ4v) is 2.64. The van der Waals surface area contributed by atoms with Gasteiger partial charge in [0.2, 0.25) is 0 Å². The zero-order chi connectivity index (χ0) is 16.4. The Morgan fingerprint density at radius 1 is 1.27 bits per heavy atom. The quantitative estimate of drug-likeness (QED) is 0.356. The summed E-state index contributed by atoms with van der Waals surface area (Å²) in [6, 6.07) is 10.1. The van der Waals surface area contributed by atoms with E-state index in [2.05, 4.69) is 15.3 Å². The van der Waals surface area contributed by atoms with E-state index in [-0.39, 0.29) is 13.2 Å². The number of nitrogens with one attached hydrogen (secondary N) is 1. The summed E-state index contributed by atoms with van der Waals surface area (Å²) >= 11 is 0. The van der Waals surface area contributed by atoms with Crippen LogP contribution in [0.15, 0.2) is 35.5 Å². The fraction of sp³-hybridized carbons (Fsp3) is 0.308. The van der Waals surface area contributed by atoms with Crippen molar-refractivity contribution in [1.82, 2.24) is 0 Å². The summed E-state index contributed by atoms with van der Waals surface area (Å²) in [5.41, 5.74) is -0.140. The highest BCUT2D eigenvalue weighted by Gasteiger charge is 2.33. The van der Waals surface area contributed by atoms with E-state index in [1.807, 2.05) is 0 Å². The molecule has 1 aromatic carbocycles. The van der Waals surface area contributed by atoms with Crippen molar-refractivity contribution >= 4 is 24.8 Å². The van der Waals surface area contributed by atoms with E-state index in [0.717, 1.165) is 0 Å². The Balaban J connectivity index is 2.78. The maximum Gasteiger partial charge on any atom is 0.437 e. The summed E-state index contributed by atoms with van der Waals surface area (Å²) < 4.78 is 22.2. The van der Waals surface area contributed by atoms with Crippen molar-refractivity contribution < 1.29 is 23.2 Å². The van der Waals surface area contributed by atoms with E-state index in [9.17, 15) is 9.36 Å². The predicted molar refractivity (Wildman–Crippen MR) is 80.5 cm³/mol. The Morgan fingerprint density at radius 2 is 1.86 bits per heavy atom. The number of rotatable bonds is 7. The van der Waals surface area contributed by atoms with Crippen LogP contribution >= 0.6 is 7.60 Å². The zero-order valence-corrected chi connectivity index (χ0v) is 13.1. The highest BCUT2D eigenvalue weighted by atomic mass is 31.2.